The number of fused-ring (bicyclic) bond motifs is 1. The van der Waals surface area contributed by atoms with Gasteiger partial charge in [-0.2, -0.15) is 0 Å². The zero-order chi connectivity index (χ0) is 16.0. The lowest BCUT2D eigenvalue weighted by molar-refractivity contribution is -0.136. The first-order valence-corrected chi connectivity index (χ1v) is 8.59. The second-order valence-electron chi connectivity index (χ2n) is 7.13. The first-order chi connectivity index (χ1) is 11.1. The molecule has 2 aromatic rings. The van der Waals surface area contributed by atoms with E-state index in [2.05, 4.69) is 49.4 Å². The number of aliphatic hydroxyl groups is 1. The first-order valence-electron chi connectivity index (χ1n) is 8.59. The van der Waals surface area contributed by atoms with Gasteiger partial charge in [0.25, 0.3) is 0 Å². The van der Waals surface area contributed by atoms with E-state index in [0.717, 1.165) is 19.4 Å². The fourth-order valence-corrected chi connectivity index (χ4v) is 3.87. The van der Waals surface area contributed by atoms with Gasteiger partial charge in [0.05, 0.1) is 6.10 Å². The van der Waals surface area contributed by atoms with Gasteiger partial charge in [0.15, 0.2) is 0 Å². The lowest BCUT2D eigenvalue weighted by Crippen LogP contribution is -2.46. The van der Waals surface area contributed by atoms with Gasteiger partial charge in [0.2, 0.25) is 5.91 Å². The molecule has 2 fully saturated rings. The van der Waals surface area contributed by atoms with Crippen LogP contribution in [0.1, 0.15) is 31.2 Å². The standard InChI is InChI=1S/C20H23NO2/c1-13-9-10-21(12-19(13)22)20(23)18-11-17(18)16-8-4-6-14-5-2-3-7-15(14)16/h2-8,13,17-19,22H,9-12H2,1H3. The molecule has 4 unspecified atom stereocenters. The minimum atomic E-state index is -0.373. The number of benzene rings is 2. The highest BCUT2D eigenvalue weighted by Crippen LogP contribution is 2.50. The van der Waals surface area contributed by atoms with E-state index in [9.17, 15) is 9.90 Å². The van der Waals surface area contributed by atoms with E-state index in [0.29, 0.717) is 18.4 Å². The third kappa shape index (κ3) is 2.63. The van der Waals surface area contributed by atoms with E-state index in [1.807, 2.05) is 4.90 Å². The van der Waals surface area contributed by atoms with Crippen LogP contribution in [0, 0.1) is 11.8 Å². The summed E-state index contributed by atoms with van der Waals surface area (Å²) >= 11 is 0. The van der Waals surface area contributed by atoms with Crippen LogP contribution in [0.5, 0.6) is 0 Å². The Hall–Kier alpha value is -1.87. The molecule has 1 N–H and O–H groups in total. The first kappa shape index (κ1) is 14.7. The average Bonchev–Trinajstić information content (AvgIpc) is 3.36. The summed E-state index contributed by atoms with van der Waals surface area (Å²) < 4.78 is 0. The summed E-state index contributed by atoms with van der Waals surface area (Å²) in [6, 6.07) is 14.8. The van der Waals surface area contributed by atoms with Gasteiger partial charge in [-0.1, -0.05) is 49.4 Å². The van der Waals surface area contributed by atoms with Crippen LogP contribution >= 0.6 is 0 Å². The molecule has 0 bridgehead atoms. The number of carbonyl (C=O) groups is 1. The van der Waals surface area contributed by atoms with Crippen molar-refractivity contribution in [3.05, 3.63) is 48.0 Å². The van der Waals surface area contributed by atoms with Gasteiger partial charge in [0.1, 0.15) is 0 Å². The number of amides is 1. The van der Waals surface area contributed by atoms with Crippen molar-refractivity contribution >= 4 is 16.7 Å². The minimum Gasteiger partial charge on any atom is -0.391 e. The molecule has 3 nitrogen and oxygen atoms in total. The van der Waals surface area contributed by atoms with Crippen LogP contribution in [-0.4, -0.2) is 35.1 Å². The Kier molecular flexibility index (Phi) is 3.61. The quantitative estimate of drug-likeness (QED) is 0.925. The molecule has 1 saturated carbocycles. The van der Waals surface area contributed by atoms with Crippen molar-refractivity contribution < 1.29 is 9.90 Å². The normalized spacial score (nSPS) is 30.4. The fraction of sp³-hybridized carbons (Fsp3) is 0.450. The van der Waals surface area contributed by atoms with Gasteiger partial charge in [-0.15, -0.1) is 0 Å². The Morgan fingerprint density at radius 1 is 1.17 bits per heavy atom. The molecule has 4 atom stereocenters. The molecule has 2 aliphatic rings. The van der Waals surface area contributed by atoms with Crippen LogP contribution in [-0.2, 0) is 4.79 Å². The lowest BCUT2D eigenvalue weighted by Gasteiger charge is -2.34. The summed E-state index contributed by atoms with van der Waals surface area (Å²) in [6.45, 7) is 3.34. The van der Waals surface area contributed by atoms with E-state index in [4.69, 9.17) is 0 Å². The maximum absolute atomic E-state index is 12.7. The molecular formula is C20H23NO2. The molecule has 3 heteroatoms. The second-order valence-corrected chi connectivity index (χ2v) is 7.13. The molecule has 0 aromatic heterocycles. The molecule has 2 aromatic carbocycles. The maximum Gasteiger partial charge on any atom is 0.226 e. The maximum atomic E-state index is 12.7. The number of piperidine rings is 1. The molecule has 4 rings (SSSR count). The van der Waals surface area contributed by atoms with Crippen LogP contribution in [0.15, 0.2) is 42.5 Å². The van der Waals surface area contributed by atoms with E-state index < -0.39 is 0 Å². The number of hydrogen-bond acceptors (Lipinski definition) is 2. The highest BCUT2D eigenvalue weighted by Gasteiger charge is 2.47. The molecule has 0 spiro atoms. The number of carbonyl (C=O) groups excluding carboxylic acids is 1. The van der Waals surface area contributed by atoms with Crippen LogP contribution < -0.4 is 0 Å². The highest BCUT2D eigenvalue weighted by atomic mass is 16.3. The molecule has 1 amide bonds. The summed E-state index contributed by atoms with van der Waals surface area (Å²) in [4.78, 5) is 14.6. The average molecular weight is 309 g/mol. The Morgan fingerprint density at radius 2 is 1.96 bits per heavy atom. The third-order valence-corrected chi connectivity index (χ3v) is 5.56. The second kappa shape index (κ2) is 5.64. The lowest BCUT2D eigenvalue weighted by atomic mass is 9.95. The molecule has 120 valence electrons. The summed E-state index contributed by atoms with van der Waals surface area (Å²) in [5, 5.41) is 12.5. The SMILES string of the molecule is CC1CCN(C(=O)C2CC2c2cccc3ccccc23)CC1O. The van der Waals surface area contributed by atoms with Crippen molar-refractivity contribution in [1.29, 1.82) is 0 Å². The van der Waals surface area contributed by atoms with E-state index >= 15 is 0 Å². The predicted molar refractivity (Wildman–Crippen MR) is 91.2 cm³/mol. The van der Waals surface area contributed by atoms with Crippen LogP contribution in [0.3, 0.4) is 0 Å². The summed E-state index contributed by atoms with van der Waals surface area (Å²) in [5.74, 6) is 0.965. The molecule has 0 radical (unpaired) electrons. The Labute approximate surface area is 136 Å². The Morgan fingerprint density at radius 3 is 2.78 bits per heavy atom. The molecule has 1 saturated heterocycles. The number of β-amino-alcohol motifs (C(OH)–C–C–N with tert-alkyl or cyclic N) is 1. The van der Waals surface area contributed by atoms with Gasteiger partial charge >= 0.3 is 0 Å². The zero-order valence-electron chi connectivity index (χ0n) is 13.5. The van der Waals surface area contributed by atoms with E-state index in [1.54, 1.807) is 0 Å². The van der Waals surface area contributed by atoms with Gasteiger partial charge in [-0.3, -0.25) is 4.79 Å². The monoisotopic (exact) mass is 309 g/mol. The number of aliphatic hydroxyl groups excluding tert-OH is 1. The van der Waals surface area contributed by atoms with Crippen LogP contribution in [0.4, 0.5) is 0 Å². The van der Waals surface area contributed by atoms with E-state index in [-0.39, 0.29) is 17.9 Å². The van der Waals surface area contributed by atoms with Crippen molar-refractivity contribution in [2.24, 2.45) is 11.8 Å². The van der Waals surface area contributed by atoms with Gasteiger partial charge < -0.3 is 10.0 Å². The van der Waals surface area contributed by atoms with Gasteiger partial charge in [-0.25, -0.2) is 0 Å². The molecule has 23 heavy (non-hydrogen) atoms. The van der Waals surface area contributed by atoms with Crippen LogP contribution in [0.2, 0.25) is 0 Å². The van der Waals surface area contributed by atoms with Crippen molar-refractivity contribution in [2.75, 3.05) is 13.1 Å². The van der Waals surface area contributed by atoms with Gasteiger partial charge in [0, 0.05) is 19.0 Å². The Balaban J connectivity index is 1.52. The highest BCUT2D eigenvalue weighted by molar-refractivity contribution is 5.89. The summed E-state index contributed by atoms with van der Waals surface area (Å²) in [6.07, 6.45) is 1.47. The van der Waals surface area contributed by atoms with Crippen molar-refractivity contribution in [3.63, 3.8) is 0 Å². The number of nitrogens with zero attached hydrogens (tertiary/aromatic N) is 1. The predicted octanol–water partition coefficient (Wildman–Crippen LogP) is 3.17. The molecular weight excluding hydrogens is 286 g/mol. The Bertz CT molecular complexity index is 736. The number of likely N-dealkylation sites (tertiary alicyclic amines) is 1. The smallest absolute Gasteiger partial charge is 0.226 e. The molecule has 1 aliphatic heterocycles. The molecule has 1 heterocycles. The largest absolute Gasteiger partial charge is 0.391 e. The topological polar surface area (TPSA) is 40.5 Å². The van der Waals surface area contributed by atoms with Gasteiger partial charge in [-0.05, 0) is 41.0 Å². The van der Waals surface area contributed by atoms with E-state index in [1.165, 1.54) is 16.3 Å². The summed E-state index contributed by atoms with van der Waals surface area (Å²) in [7, 11) is 0. The number of rotatable bonds is 2. The van der Waals surface area contributed by atoms with Crippen molar-refractivity contribution in [2.45, 2.75) is 31.8 Å². The zero-order valence-corrected chi connectivity index (χ0v) is 13.5. The molecule has 1 aliphatic carbocycles. The minimum absolute atomic E-state index is 0.0985. The third-order valence-electron chi connectivity index (χ3n) is 5.56. The van der Waals surface area contributed by atoms with Crippen molar-refractivity contribution in [3.8, 4) is 0 Å². The van der Waals surface area contributed by atoms with Crippen LogP contribution in [0.25, 0.3) is 10.8 Å². The number of hydrogen-bond donors (Lipinski definition) is 1. The van der Waals surface area contributed by atoms with Crippen molar-refractivity contribution in [1.82, 2.24) is 4.90 Å². The fourth-order valence-electron chi connectivity index (χ4n) is 3.87. The summed E-state index contributed by atoms with van der Waals surface area (Å²) in [5.41, 5.74) is 1.30.